The second kappa shape index (κ2) is 6.22. The van der Waals surface area contributed by atoms with Gasteiger partial charge in [-0.05, 0) is 25.1 Å². The van der Waals surface area contributed by atoms with Gasteiger partial charge in [0.25, 0.3) is 10.0 Å². The molecule has 21 heavy (non-hydrogen) atoms. The van der Waals surface area contributed by atoms with Crippen molar-refractivity contribution in [2.75, 3.05) is 11.3 Å². The summed E-state index contributed by atoms with van der Waals surface area (Å²) >= 11 is 1.18. The van der Waals surface area contributed by atoms with E-state index in [1.807, 2.05) is 0 Å². The average Bonchev–Trinajstić information content (AvgIpc) is 2.80. The highest BCUT2D eigenvalue weighted by Gasteiger charge is 2.19. The van der Waals surface area contributed by atoms with Gasteiger partial charge in [0, 0.05) is 16.6 Å². The highest BCUT2D eigenvalue weighted by molar-refractivity contribution is 7.93. The lowest BCUT2D eigenvalue weighted by Gasteiger charge is -2.07. The number of aromatic nitrogens is 1. The zero-order valence-electron chi connectivity index (χ0n) is 10.9. The van der Waals surface area contributed by atoms with E-state index in [1.54, 1.807) is 13.1 Å². The fourth-order valence-corrected chi connectivity index (χ4v) is 3.59. The molecule has 1 heterocycles. The van der Waals surface area contributed by atoms with Gasteiger partial charge < -0.3 is 5.11 Å². The SMILES string of the molecule is Cc1cnc(NS(=O)(=O)c2ccc(F)cc2C#CCO)s1. The predicted molar refractivity (Wildman–Crippen MR) is 78.0 cm³/mol. The standard InChI is InChI=1S/C13H11FN2O3S2/c1-9-8-15-13(20-9)16-21(18,19)12-5-4-11(14)7-10(12)3-2-6-17/h4-5,7-8,17H,6H2,1H3,(H,15,16). The van der Waals surface area contributed by atoms with Gasteiger partial charge in [-0.2, -0.15) is 0 Å². The molecule has 0 fully saturated rings. The Balaban J connectivity index is 2.44. The highest BCUT2D eigenvalue weighted by Crippen LogP contribution is 2.23. The molecule has 8 heteroatoms. The van der Waals surface area contributed by atoms with Crippen LogP contribution in [0.25, 0.3) is 0 Å². The first-order chi connectivity index (χ1) is 9.92. The van der Waals surface area contributed by atoms with Crippen molar-refractivity contribution in [3.8, 4) is 11.8 Å². The summed E-state index contributed by atoms with van der Waals surface area (Å²) in [6.45, 7) is 1.35. The molecule has 0 amide bonds. The van der Waals surface area contributed by atoms with E-state index < -0.39 is 22.4 Å². The van der Waals surface area contributed by atoms with Crippen LogP contribution in [-0.2, 0) is 10.0 Å². The molecule has 2 rings (SSSR count). The van der Waals surface area contributed by atoms with Crippen LogP contribution >= 0.6 is 11.3 Å². The Morgan fingerprint density at radius 3 is 2.86 bits per heavy atom. The first kappa shape index (κ1) is 15.4. The molecule has 0 unspecified atom stereocenters. The van der Waals surface area contributed by atoms with E-state index in [0.717, 1.165) is 23.1 Å². The summed E-state index contributed by atoms with van der Waals surface area (Å²) in [6, 6.07) is 3.16. The van der Waals surface area contributed by atoms with Gasteiger partial charge in [0.1, 0.15) is 17.3 Å². The summed E-state index contributed by atoms with van der Waals surface area (Å²) in [5.41, 5.74) is -0.0233. The van der Waals surface area contributed by atoms with Crippen LogP contribution < -0.4 is 4.72 Å². The third-order valence-electron chi connectivity index (χ3n) is 2.38. The molecule has 110 valence electrons. The molecular weight excluding hydrogens is 315 g/mol. The Bertz CT molecular complexity index is 819. The Labute approximate surface area is 125 Å². The Morgan fingerprint density at radius 2 is 2.24 bits per heavy atom. The monoisotopic (exact) mass is 326 g/mol. The summed E-state index contributed by atoms with van der Waals surface area (Å²) in [6.07, 6.45) is 1.54. The third kappa shape index (κ3) is 3.78. The first-order valence-electron chi connectivity index (χ1n) is 5.77. The van der Waals surface area contributed by atoms with E-state index >= 15 is 0 Å². The van der Waals surface area contributed by atoms with Crippen molar-refractivity contribution in [2.24, 2.45) is 0 Å². The summed E-state index contributed by atoms with van der Waals surface area (Å²) in [4.78, 5) is 4.60. The fraction of sp³-hybridized carbons (Fsp3) is 0.154. The number of hydrogen-bond donors (Lipinski definition) is 2. The number of aliphatic hydroxyl groups excluding tert-OH is 1. The van der Waals surface area contributed by atoms with Crippen molar-refractivity contribution in [2.45, 2.75) is 11.8 Å². The zero-order valence-corrected chi connectivity index (χ0v) is 12.6. The second-order valence-corrected chi connectivity index (χ2v) is 6.87. The first-order valence-corrected chi connectivity index (χ1v) is 8.07. The molecular formula is C13H11FN2O3S2. The Morgan fingerprint density at radius 1 is 1.48 bits per heavy atom. The largest absolute Gasteiger partial charge is 0.384 e. The van der Waals surface area contributed by atoms with Gasteiger partial charge in [-0.1, -0.05) is 11.8 Å². The number of thiazole rings is 1. The molecule has 2 N–H and O–H groups in total. The van der Waals surface area contributed by atoms with Crippen LogP contribution in [-0.4, -0.2) is 25.1 Å². The molecule has 2 aromatic rings. The molecule has 0 aliphatic carbocycles. The molecule has 0 atom stereocenters. The van der Waals surface area contributed by atoms with Gasteiger partial charge in [-0.25, -0.2) is 17.8 Å². The lowest BCUT2D eigenvalue weighted by molar-refractivity contribution is 0.350. The summed E-state index contributed by atoms with van der Waals surface area (Å²) in [5, 5.41) is 8.91. The molecule has 1 aromatic carbocycles. The van der Waals surface area contributed by atoms with Crippen LogP contribution in [0, 0.1) is 24.6 Å². The molecule has 1 aromatic heterocycles. The molecule has 0 aliphatic heterocycles. The van der Waals surface area contributed by atoms with Crippen LogP contribution in [0.5, 0.6) is 0 Å². The summed E-state index contributed by atoms with van der Waals surface area (Å²) in [7, 11) is -3.93. The normalized spacial score (nSPS) is 10.8. The number of rotatable bonds is 3. The molecule has 0 radical (unpaired) electrons. The van der Waals surface area contributed by atoms with Gasteiger partial charge in [-0.15, -0.1) is 11.3 Å². The highest BCUT2D eigenvalue weighted by atomic mass is 32.2. The number of sulfonamides is 1. The fourth-order valence-electron chi connectivity index (χ4n) is 1.54. The van der Waals surface area contributed by atoms with E-state index in [2.05, 4.69) is 21.5 Å². The van der Waals surface area contributed by atoms with E-state index in [1.165, 1.54) is 11.3 Å². The van der Waals surface area contributed by atoms with Crippen molar-refractivity contribution in [1.29, 1.82) is 0 Å². The predicted octanol–water partition coefficient (Wildman–Crippen LogP) is 1.74. The van der Waals surface area contributed by atoms with Gasteiger partial charge in [-0.3, -0.25) is 4.72 Å². The van der Waals surface area contributed by atoms with Crippen LogP contribution in [0.4, 0.5) is 9.52 Å². The van der Waals surface area contributed by atoms with Crippen LogP contribution in [0.1, 0.15) is 10.4 Å². The number of aryl methyl sites for hydroxylation is 1. The van der Waals surface area contributed by atoms with Gasteiger partial charge in [0.2, 0.25) is 0 Å². The van der Waals surface area contributed by atoms with Gasteiger partial charge in [0.15, 0.2) is 5.13 Å². The molecule has 0 aliphatic rings. The van der Waals surface area contributed by atoms with E-state index in [4.69, 9.17) is 5.11 Å². The number of halogens is 1. The minimum absolute atomic E-state index is 0.0233. The maximum Gasteiger partial charge on any atom is 0.264 e. The maximum absolute atomic E-state index is 13.2. The maximum atomic E-state index is 13.2. The van der Waals surface area contributed by atoms with Crippen LogP contribution in [0.2, 0.25) is 0 Å². The van der Waals surface area contributed by atoms with Crippen molar-refractivity contribution in [3.05, 3.63) is 40.7 Å². The Kier molecular flexibility index (Phi) is 4.57. The van der Waals surface area contributed by atoms with Gasteiger partial charge >= 0.3 is 0 Å². The van der Waals surface area contributed by atoms with Crippen molar-refractivity contribution in [3.63, 3.8) is 0 Å². The number of anilines is 1. The second-order valence-electron chi connectivity index (χ2n) is 3.98. The lowest BCUT2D eigenvalue weighted by Crippen LogP contribution is -2.14. The van der Waals surface area contributed by atoms with E-state index in [0.29, 0.717) is 0 Å². The average molecular weight is 326 g/mol. The van der Waals surface area contributed by atoms with Gasteiger partial charge in [0.05, 0.1) is 0 Å². The molecule has 0 saturated carbocycles. The number of benzene rings is 1. The minimum atomic E-state index is -3.93. The molecule has 0 bridgehead atoms. The number of nitrogens with one attached hydrogen (secondary N) is 1. The number of nitrogens with zero attached hydrogens (tertiary/aromatic N) is 1. The summed E-state index contributed by atoms with van der Waals surface area (Å²) in [5.74, 6) is 4.12. The number of aliphatic hydroxyl groups is 1. The van der Waals surface area contributed by atoms with Crippen molar-refractivity contribution >= 4 is 26.5 Å². The molecule has 0 saturated heterocycles. The smallest absolute Gasteiger partial charge is 0.264 e. The van der Waals surface area contributed by atoms with E-state index in [9.17, 15) is 12.8 Å². The van der Waals surface area contributed by atoms with E-state index in [-0.39, 0.29) is 15.6 Å². The van der Waals surface area contributed by atoms with Crippen LogP contribution in [0.3, 0.4) is 0 Å². The minimum Gasteiger partial charge on any atom is -0.384 e. The topological polar surface area (TPSA) is 79.3 Å². The Hall–Kier alpha value is -1.95. The third-order valence-corrected chi connectivity index (χ3v) is 4.73. The summed E-state index contributed by atoms with van der Waals surface area (Å²) < 4.78 is 40.2. The van der Waals surface area contributed by atoms with Crippen molar-refractivity contribution < 1.29 is 17.9 Å². The van der Waals surface area contributed by atoms with Crippen molar-refractivity contribution in [1.82, 2.24) is 4.98 Å². The lowest BCUT2D eigenvalue weighted by atomic mass is 10.2. The number of hydrogen-bond acceptors (Lipinski definition) is 5. The molecule has 5 nitrogen and oxygen atoms in total. The zero-order chi connectivity index (χ0) is 15.5. The quantitative estimate of drug-likeness (QED) is 0.842. The van der Waals surface area contributed by atoms with Crippen LogP contribution in [0.15, 0.2) is 29.3 Å². The molecule has 0 spiro atoms.